The van der Waals surface area contributed by atoms with Crippen molar-refractivity contribution in [3.63, 3.8) is 0 Å². The van der Waals surface area contributed by atoms with Crippen LogP contribution in [0, 0.1) is 0 Å². The molecule has 0 saturated carbocycles. The van der Waals surface area contributed by atoms with Crippen LogP contribution < -0.4 is 0 Å². The Balaban J connectivity index is 1.14. The molecule has 4 heterocycles. The van der Waals surface area contributed by atoms with Gasteiger partial charge in [0.25, 0.3) is 0 Å². The molecule has 0 atom stereocenters. The molecule has 11 aromatic rings. The zero-order valence-electron chi connectivity index (χ0n) is 29.9. The summed E-state index contributed by atoms with van der Waals surface area (Å²) >= 11 is 3.68. The van der Waals surface area contributed by atoms with Gasteiger partial charge in [0.2, 0.25) is 0 Å². The number of thiophene rings is 2. The molecule has 0 N–H and O–H groups in total. The lowest BCUT2D eigenvalue weighted by Gasteiger charge is -2.14. The normalized spacial score (nSPS) is 11.6. The molecule has 0 fully saturated rings. The maximum atomic E-state index is 5.27. The van der Waals surface area contributed by atoms with Crippen LogP contribution in [-0.2, 0) is 0 Å². The Labute approximate surface area is 331 Å². The van der Waals surface area contributed by atoms with Crippen LogP contribution in [0.3, 0.4) is 0 Å². The first-order valence-corrected chi connectivity index (χ1v) is 20.2. The van der Waals surface area contributed by atoms with Gasteiger partial charge in [0.05, 0.1) is 0 Å². The third-order valence-electron chi connectivity index (χ3n) is 10.4. The minimum Gasteiger partial charge on any atom is -0.264 e. The maximum Gasteiger partial charge on any atom is 0.164 e. The topological polar surface area (TPSA) is 51.6 Å². The summed E-state index contributed by atoms with van der Waals surface area (Å²) in [5.74, 6) is 1.85. The van der Waals surface area contributed by atoms with Crippen LogP contribution in [0.15, 0.2) is 182 Å². The molecular weight excluding hydrogens is 721 g/mol. The highest BCUT2D eigenvalue weighted by Crippen LogP contribution is 2.41. The highest BCUT2D eigenvalue weighted by Gasteiger charge is 2.18. The van der Waals surface area contributed by atoms with E-state index in [1.807, 2.05) is 65.3 Å². The summed E-state index contributed by atoms with van der Waals surface area (Å²) in [4.78, 5) is 20.0. The molecule has 0 amide bonds. The first kappa shape index (κ1) is 32.6. The number of hydrogen-bond donors (Lipinski definition) is 0. The monoisotopic (exact) mass is 750 g/mol. The SMILES string of the molecule is c1ccc(-c2nc(-c3cc(-c4ccc5c(c4)sc4ccccc45)cc(-c4ccc5c(c4)sc4ccccc45)c3)nc(-c3ccccc3-c3cccnc3)n2)cc1. The molecule has 0 unspecified atom stereocenters. The van der Waals surface area contributed by atoms with E-state index in [4.69, 9.17) is 15.0 Å². The molecule has 0 radical (unpaired) electrons. The minimum atomic E-state index is 0.610. The van der Waals surface area contributed by atoms with Gasteiger partial charge in [-0.15, -0.1) is 22.7 Å². The van der Waals surface area contributed by atoms with Crippen molar-refractivity contribution in [2.24, 2.45) is 0 Å². The fraction of sp³-hybridized carbons (Fsp3) is 0. The second-order valence-corrected chi connectivity index (χ2v) is 16.0. The van der Waals surface area contributed by atoms with E-state index in [0.717, 1.165) is 50.1 Å². The lowest BCUT2D eigenvalue weighted by molar-refractivity contribution is 1.07. The molecule has 11 rings (SSSR count). The van der Waals surface area contributed by atoms with Gasteiger partial charge < -0.3 is 0 Å². The average Bonchev–Trinajstić information content (AvgIpc) is 3.84. The third-order valence-corrected chi connectivity index (χ3v) is 12.7. The number of pyridine rings is 1. The number of aromatic nitrogens is 4. The lowest BCUT2D eigenvalue weighted by atomic mass is 9.94. The Morgan fingerprint density at radius 1 is 0.304 bits per heavy atom. The molecule has 7 aromatic carbocycles. The van der Waals surface area contributed by atoms with Crippen LogP contribution in [0.25, 0.3) is 108 Å². The molecule has 262 valence electrons. The van der Waals surface area contributed by atoms with Crippen molar-refractivity contribution in [2.45, 2.75) is 0 Å². The molecule has 0 aliphatic heterocycles. The second-order valence-electron chi connectivity index (χ2n) is 13.9. The summed E-state index contributed by atoms with van der Waals surface area (Å²) in [6.07, 6.45) is 3.68. The van der Waals surface area contributed by atoms with Gasteiger partial charge in [-0.25, -0.2) is 15.0 Å². The average molecular weight is 751 g/mol. The highest BCUT2D eigenvalue weighted by atomic mass is 32.1. The van der Waals surface area contributed by atoms with Crippen LogP contribution in [-0.4, -0.2) is 19.9 Å². The van der Waals surface area contributed by atoms with Crippen molar-refractivity contribution >= 4 is 63.0 Å². The van der Waals surface area contributed by atoms with Crippen LogP contribution >= 0.6 is 22.7 Å². The first-order valence-electron chi connectivity index (χ1n) is 18.5. The van der Waals surface area contributed by atoms with Crippen LogP contribution in [0.5, 0.6) is 0 Å². The van der Waals surface area contributed by atoms with E-state index in [1.54, 1.807) is 6.20 Å². The summed E-state index contributed by atoms with van der Waals surface area (Å²) in [7, 11) is 0. The van der Waals surface area contributed by atoms with Crippen molar-refractivity contribution in [2.75, 3.05) is 0 Å². The Hall–Kier alpha value is -6.86. The van der Waals surface area contributed by atoms with E-state index in [1.165, 1.54) is 40.3 Å². The zero-order chi connectivity index (χ0) is 37.0. The molecule has 0 bridgehead atoms. The van der Waals surface area contributed by atoms with Gasteiger partial charge in [-0.05, 0) is 76.3 Å². The summed E-state index contributed by atoms with van der Waals surface area (Å²) < 4.78 is 5.12. The van der Waals surface area contributed by atoms with Crippen LogP contribution in [0.4, 0.5) is 0 Å². The Bertz CT molecular complexity index is 3130. The van der Waals surface area contributed by atoms with E-state index in [9.17, 15) is 0 Å². The fourth-order valence-corrected chi connectivity index (χ4v) is 9.99. The van der Waals surface area contributed by atoms with Gasteiger partial charge in [0.1, 0.15) is 0 Å². The van der Waals surface area contributed by atoms with Gasteiger partial charge in [-0.3, -0.25) is 4.98 Å². The number of fused-ring (bicyclic) bond motifs is 6. The van der Waals surface area contributed by atoms with E-state index >= 15 is 0 Å². The van der Waals surface area contributed by atoms with Gasteiger partial charge in [-0.2, -0.15) is 0 Å². The predicted octanol–water partition coefficient (Wildman–Crippen LogP) is 14.0. The molecule has 6 heteroatoms. The van der Waals surface area contributed by atoms with E-state index in [-0.39, 0.29) is 0 Å². The van der Waals surface area contributed by atoms with Gasteiger partial charge in [-0.1, -0.05) is 121 Å². The summed E-state index contributed by atoms with van der Waals surface area (Å²) in [6, 6.07) is 60.2. The minimum absolute atomic E-state index is 0.610. The predicted molar refractivity (Wildman–Crippen MR) is 236 cm³/mol. The van der Waals surface area contributed by atoms with Gasteiger partial charge in [0, 0.05) is 75.0 Å². The van der Waals surface area contributed by atoms with E-state index in [2.05, 4.69) is 138 Å². The Kier molecular flexibility index (Phi) is 7.83. The molecule has 4 aromatic heterocycles. The van der Waals surface area contributed by atoms with Crippen LogP contribution in [0.2, 0.25) is 0 Å². The summed E-state index contributed by atoms with van der Waals surface area (Å²) in [5.41, 5.74) is 9.29. The van der Waals surface area contributed by atoms with Gasteiger partial charge in [0.15, 0.2) is 17.5 Å². The van der Waals surface area contributed by atoms with E-state index in [0.29, 0.717) is 17.5 Å². The molecule has 0 aliphatic rings. The number of hydrogen-bond acceptors (Lipinski definition) is 6. The first-order chi connectivity index (χ1) is 27.7. The van der Waals surface area contributed by atoms with E-state index < -0.39 is 0 Å². The van der Waals surface area contributed by atoms with Crippen molar-refractivity contribution in [3.8, 4) is 67.5 Å². The van der Waals surface area contributed by atoms with Crippen molar-refractivity contribution in [3.05, 3.63) is 182 Å². The molecule has 0 spiro atoms. The Morgan fingerprint density at radius 2 is 0.804 bits per heavy atom. The lowest BCUT2D eigenvalue weighted by Crippen LogP contribution is -2.01. The summed E-state index contributed by atoms with van der Waals surface area (Å²) in [5, 5.41) is 5.15. The van der Waals surface area contributed by atoms with Crippen molar-refractivity contribution in [1.82, 2.24) is 19.9 Å². The molecule has 0 saturated heterocycles. The van der Waals surface area contributed by atoms with Crippen molar-refractivity contribution in [1.29, 1.82) is 0 Å². The highest BCUT2D eigenvalue weighted by molar-refractivity contribution is 7.26. The Morgan fingerprint density at radius 3 is 1.43 bits per heavy atom. The van der Waals surface area contributed by atoms with Gasteiger partial charge >= 0.3 is 0 Å². The maximum absolute atomic E-state index is 5.27. The standard InChI is InChI=1S/C50H30N4S2/c1-2-11-31(12-3-1)48-52-49(54-50(53-48)43-17-5-4-14-38(43)34-13-10-24-51-30-34)37-26-35(32-20-22-41-39-15-6-8-18-44(39)55-46(41)28-32)25-36(27-37)33-21-23-42-40-16-7-9-19-45(40)56-47(42)29-33/h1-30H. The molecule has 56 heavy (non-hydrogen) atoms. The second kappa shape index (κ2) is 13.5. The quantitative estimate of drug-likeness (QED) is 0.170. The number of nitrogens with zero attached hydrogens (tertiary/aromatic N) is 4. The molecule has 0 aliphatic carbocycles. The molecule has 4 nitrogen and oxygen atoms in total. The number of benzene rings is 7. The number of rotatable bonds is 6. The van der Waals surface area contributed by atoms with Crippen molar-refractivity contribution < 1.29 is 0 Å². The third kappa shape index (κ3) is 5.75. The fourth-order valence-electron chi connectivity index (χ4n) is 7.69. The smallest absolute Gasteiger partial charge is 0.164 e. The largest absolute Gasteiger partial charge is 0.264 e. The van der Waals surface area contributed by atoms with Crippen LogP contribution in [0.1, 0.15) is 0 Å². The zero-order valence-corrected chi connectivity index (χ0v) is 31.6. The summed E-state index contributed by atoms with van der Waals surface area (Å²) in [6.45, 7) is 0. The molecular formula is C50H30N4S2.